The molecule has 1 aromatic rings. The highest BCUT2D eigenvalue weighted by molar-refractivity contribution is 14.0. The molecule has 1 aliphatic heterocycles. The van der Waals surface area contributed by atoms with Crippen molar-refractivity contribution in [3.63, 3.8) is 0 Å². The third-order valence-corrected chi connectivity index (χ3v) is 4.79. The Morgan fingerprint density at radius 1 is 1.35 bits per heavy atom. The molecule has 0 spiro atoms. The number of nitrogens with one attached hydrogen (secondary N) is 1. The topological polar surface area (TPSA) is 72.1 Å². The first-order chi connectivity index (χ1) is 12.2. The first kappa shape index (κ1) is 22.8. The fourth-order valence-corrected chi connectivity index (χ4v) is 3.35. The molecule has 1 atom stereocenters. The molecule has 148 valence electrons. The standard InChI is InChI=1S/C19H32N4O2.HI/c1-4-23-12-6-8-16(23)14-22-19(20)21-11-5-7-15-13-17(24-2)9-10-18(15)25-3;/h9-10,13,16H,4-8,11-12,14H2,1-3H3,(H3,20,21,22);1H. The number of halogens is 1. The molecule has 0 aliphatic carbocycles. The van der Waals surface area contributed by atoms with Crippen LogP contribution in [0.25, 0.3) is 0 Å². The smallest absolute Gasteiger partial charge is 0.188 e. The summed E-state index contributed by atoms with van der Waals surface area (Å²) < 4.78 is 10.7. The van der Waals surface area contributed by atoms with Crippen LogP contribution in [0.15, 0.2) is 23.2 Å². The molecule has 1 aromatic carbocycles. The van der Waals surface area contributed by atoms with Crippen LogP contribution in [0.4, 0.5) is 0 Å². The molecule has 1 aliphatic rings. The van der Waals surface area contributed by atoms with Gasteiger partial charge < -0.3 is 20.5 Å². The van der Waals surface area contributed by atoms with Crippen molar-refractivity contribution in [2.24, 2.45) is 10.7 Å². The number of methoxy groups -OCH3 is 2. The van der Waals surface area contributed by atoms with E-state index in [1.165, 1.54) is 19.4 Å². The van der Waals surface area contributed by atoms with Crippen LogP contribution in [0.1, 0.15) is 31.7 Å². The van der Waals surface area contributed by atoms with Gasteiger partial charge in [0.2, 0.25) is 0 Å². The van der Waals surface area contributed by atoms with E-state index < -0.39 is 0 Å². The number of aryl methyl sites for hydroxylation is 1. The quantitative estimate of drug-likeness (QED) is 0.248. The Labute approximate surface area is 174 Å². The summed E-state index contributed by atoms with van der Waals surface area (Å²) in [5, 5.41) is 3.21. The molecule has 1 heterocycles. The number of aliphatic imine (C=N–C) groups is 1. The second kappa shape index (κ2) is 12.2. The molecule has 26 heavy (non-hydrogen) atoms. The normalized spacial score (nSPS) is 17.7. The van der Waals surface area contributed by atoms with Gasteiger partial charge >= 0.3 is 0 Å². The number of hydrogen-bond donors (Lipinski definition) is 2. The first-order valence-electron chi connectivity index (χ1n) is 9.16. The van der Waals surface area contributed by atoms with Crippen molar-refractivity contribution in [3.05, 3.63) is 23.8 Å². The maximum absolute atomic E-state index is 6.00. The number of nitrogens with zero attached hydrogens (tertiary/aromatic N) is 2. The Kier molecular flexibility index (Phi) is 10.7. The summed E-state index contributed by atoms with van der Waals surface area (Å²) in [7, 11) is 3.37. The molecule has 2 rings (SSSR count). The van der Waals surface area contributed by atoms with Crippen molar-refractivity contribution in [2.75, 3.05) is 40.4 Å². The summed E-state index contributed by atoms with van der Waals surface area (Å²) in [6, 6.07) is 6.42. The van der Waals surface area contributed by atoms with Crippen LogP contribution in [0.5, 0.6) is 11.5 Å². The molecule has 0 saturated carbocycles. The van der Waals surface area contributed by atoms with E-state index in [1.54, 1.807) is 14.2 Å². The van der Waals surface area contributed by atoms with Crippen molar-refractivity contribution in [2.45, 2.75) is 38.6 Å². The lowest BCUT2D eigenvalue weighted by Crippen LogP contribution is -2.36. The fraction of sp³-hybridized carbons (Fsp3) is 0.632. The van der Waals surface area contributed by atoms with Crippen LogP contribution in [-0.4, -0.2) is 57.3 Å². The van der Waals surface area contributed by atoms with Gasteiger partial charge in [-0.15, -0.1) is 24.0 Å². The lowest BCUT2D eigenvalue weighted by atomic mass is 10.1. The molecule has 1 saturated heterocycles. The average Bonchev–Trinajstić information content (AvgIpc) is 3.10. The third-order valence-electron chi connectivity index (χ3n) is 4.79. The first-order valence-corrected chi connectivity index (χ1v) is 9.16. The molecule has 0 bridgehead atoms. The summed E-state index contributed by atoms with van der Waals surface area (Å²) in [5.74, 6) is 2.28. The van der Waals surface area contributed by atoms with E-state index in [1.807, 2.05) is 18.2 Å². The molecule has 0 amide bonds. The van der Waals surface area contributed by atoms with Gasteiger partial charge in [0.15, 0.2) is 5.96 Å². The van der Waals surface area contributed by atoms with E-state index in [9.17, 15) is 0 Å². The van der Waals surface area contributed by atoms with Crippen LogP contribution in [0.3, 0.4) is 0 Å². The minimum absolute atomic E-state index is 0. The summed E-state index contributed by atoms with van der Waals surface area (Å²) in [6.07, 6.45) is 4.33. The van der Waals surface area contributed by atoms with E-state index in [4.69, 9.17) is 15.2 Å². The van der Waals surface area contributed by atoms with Crippen LogP contribution in [0, 0.1) is 0 Å². The monoisotopic (exact) mass is 476 g/mol. The van der Waals surface area contributed by atoms with Gasteiger partial charge in [-0.25, -0.2) is 0 Å². The number of ether oxygens (including phenoxy) is 2. The summed E-state index contributed by atoms with van der Waals surface area (Å²) in [5.41, 5.74) is 7.14. The Morgan fingerprint density at radius 2 is 2.15 bits per heavy atom. The van der Waals surface area contributed by atoms with Gasteiger partial charge in [0.25, 0.3) is 0 Å². The van der Waals surface area contributed by atoms with Crippen LogP contribution >= 0.6 is 24.0 Å². The molecule has 1 unspecified atom stereocenters. The van der Waals surface area contributed by atoms with Crippen molar-refractivity contribution in [1.29, 1.82) is 0 Å². The number of hydrogen-bond acceptors (Lipinski definition) is 4. The summed E-state index contributed by atoms with van der Waals surface area (Å²) in [4.78, 5) is 6.98. The SMILES string of the molecule is CCN1CCCC1CN=C(N)NCCCc1cc(OC)ccc1OC.I. The molecular formula is C19H33IN4O2. The minimum atomic E-state index is 0. The third kappa shape index (κ3) is 6.83. The Balaban J connectivity index is 0.00000338. The van der Waals surface area contributed by atoms with Crippen molar-refractivity contribution < 1.29 is 9.47 Å². The zero-order valence-corrected chi connectivity index (χ0v) is 18.5. The van der Waals surface area contributed by atoms with Gasteiger partial charge in [-0.3, -0.25) is 9.89 Å². The molecule has 3 N–H and O–H groups in total. The number of nitrogens with two attached hydrogens (primary N) is 1. The van der Waals surface area contributed by atoms with Gasteiger partial charge in [-0.1, -0.05) is 6.92 Å². The van der Waals surface area contributed by atoms with Gasteiger partial charge in [0.1, 0.15) is 11.5 Å². The molecule has 7 heteroatoms. The second-order valence-electron chi connectivity index (χ2n) is 6.36. The zero-order valence-electron chi connectivity index (χ0n) is 16.2. The highest BCUT2D eigenvalue weighted by atomic mass is 127. The zero-order chi connectivity index (χ0) is 18.1. The molecule has 0 aromatic heterocycles. The maximum atomic E-state index is 6.00. The number of benzene rings is 1. The lowest BCUT2D eigenvalue weighted by Gasteiger charge is -2.21. The number of likely N-dealkylation sites (N-methyl/N-ethyl adjacent to an activating group) is 1. The second-order valence-corrected chi connectivity index (χ2v) is 6.36. The fourth-order valence-electron chi connectivity index (χ4n) is 3.35. The van der Waals surface area contributed by atoms with Crippen molar-refractivity contribution >= 4 is 29.9 Å². The van der Waals surface area contributed by atoms with Gasteiger partial charge in [0, 0.05) is 12.6 Å². The van der Waals surface area contributed by atoms with Gasteiger partial charge in [-0.2, -0.15) is 0 Å². The van der Waals surface area contributed by atoms with E-state index in [0.717, 1.165) is 49.5 Å². The van der Waals surface area contributed by atoms with E-state index in [2.05, 4.69) is 22.1 Å². The van der Waals surface area contributed by atoms with Crippen LogP contribution in [-0.2, 0) is 6.42 Å². The lowest BCUT2D eigenvalue weighted by molar-refractivity contribution is 0.273. The van der Waals surface area contributed by atoms with Gasteiger partial charge in [0.05, 0.1) is 20.8 Å². The van der Waals surface area contributed by atoms with E-state index >= 15 is 0 Å². The minimum Gasteiger partial charge on any atom is -0.497 e. The van der Waals surface area contributed by atoms with Crippen molar-refractivity contribution in [3.8, 4) is 11.5 Å². The molecular weight excluding hydrogens is 443 g/mol. The summed E-state index contributed by atoms with van der Waals surface area (Å²) >= 11 is 0. The van der Waals surface area contributed by atoms with Gasteiger partial charge in [-0.05, 0) is 62.5 Å². The predicted molar refractivity (Wildman–Crippen MR) is 118 cm³/mol. The maximum Gasteiger partial charge on any atom is 0.188 e. The molecule has 1 fully saturated rings. The Hall–Kier alpha value is -1.22. The van der Waals surface area contributed by atoms with Crippen molar-refractivity contribution in [1.82, 2.24) is 10.2 Å². The number of rotatable bonds is 9. The van der Waals surface area contributed by atoms with Crippen LogP contribution < -0.4 is 20.5 Å². The highest BCUT2D eigenvalue weighted by Crippen LogP contribution is 2.24. The number of likely N-dealkylation sites (tertiary alicyclic amines) is 1. The highest BCUT2D eigenvalue weighted by Gasteiger charge is 2.22. The predicted octanol–water partition coefficient (Wildman–Crippen LogP) is 2.64. The Bertz CT molecular complexity index is 568. The summed E-state index contributed by atoms with van der Waals surface area (Å²) in [6.45, 7) is 6.06. The molecule has 0 radical (unpaired) electrons. The molecule has 6 nitrogen and oxygen atoms in total. The van der Waals surface area contributed by atoms with Crippen LogP contribution in [0.2, 0.25) is 0 Å². The Morgan fingerprint density at radius 3 is 2.85 bits per heavy atom. The average molecular weight is 476 g/mol. The van der Waals surface area contributed by atoms with E-state index in [-0.39, 0.29) is 24.0 Å². The van der Waals surface area contributed by atoms with E-state index in [0.29, 0.717) is 12.0 Å². The number of guanidine groups is 1. The largest absolute Gasteiger partial charge is 0.497 e.